The minimum atomic E-state index is -4.75. The van der Waals surface area contributed by atoms with Crippen LogP contribution < -0.4 is 10.1 Å². The Balaban J connectivity index is 1.70. The van der Waals surface area contributed by atoms with E-state index in [1.54, 1.807) is 10.7 Å². The number of hydrogen-bond donors (Lipinski definition) is 2. The number of aliphatic hydroxyl groups excluding tert-OH is 1. The number of anilines is 1. The number of fused-ring (bicyclic) bond motifs is 1. The van der Waals surface area contributed by atoms with Crippen LogP contribution in [0, 0.1) is 0 Å². The lowest BCUT2D eigenvalue weighted by Gasteiger charge is -2.12. The summed E-state index contributed by atoms with van der Waals surface area (Å²) in [6, 6.07) is 17.0. The van der Waals surface area contributed by atoms with Gasteiger partial charge in [0.1, 0.15) is 11.6 Å². The number of alkyl halides is 3. The quantitative estimate of drug-likeness (QED) is 0.362. The number of nitrogens with one attached hydrogen (secondary N) is 1. The Morgan fingerprint density at radius 2 is 1.73 bits per heavy atom. The lowest BCUT2D eigenvalue weighted by atomic mass is 10.1. The van der Waals surface area contributed by atoms with Gasteiger partial charge in [-0.2, -0.15) is 9.61 Å². The first-order valence-corrected chi connectivity index (χ1v) is 10.2. The highest BCUT2D eigenvalue weighted by atomic mass is 19.4. The molecule has 4 aromatic rings. The molecule has 0 amide bonds. The number of aromatic nitrogens is 3. The molecule has 7 nitrogen and oxygen atoms in total. The molecule has 0 aliphatic rings. The van der Waals surface area contributed by atoms with E-state index in [4.69, 9.17) is 14.8 Å². The molecule has 0 saturated carbocycles. The van der Waals surface area contributed by atoms with Crippen molar-refractivity contribution in [3.63, 3.8) is 0 Å². The normalized spacial score (nSPS) is 11.6. The maximum Gasteiger partial charge on any atom is 0.573 e. The van der Waals surface area contributed by atoms with Crippen molar-refractivity contribution in [1.82, 2.24) is 14.6 Å². The second kappa shape index (κ2) is 9.88. The van der Waals surface area contributed by atoms with Crippen LogP contribution in [0.3, 0.4) is 0 Å². The molecule has 0 aliphatic heterocycles. The first-order valence-electron chi connectivity index (χ1n) is 10.2. The van der Waals surface area contributed by atoms with Crippen molar-refractivity contribution in [2.24, 2.45) is 0 Å². The van der Waals surface area contributed by atoms with Gasteiger partial charge in [-0.1, -0.05) is 42.5 Å². The van der Waals surface area contributed by atoms with Crippen LogP contribution in [0.5, 0.6) is 5.75 Å². The molecule has 0 unspecified atom stereocenters. The molecule has 0 bridgehead atoms. The summed E-state index contributed by atoms with van der Waals surface area (Å²) in [5, 5.41) is 16.5. The molecule has 4 rings (SSSR count). The van der Waals surface area contributed by atoms with Crippen molar-refractivity contribution in [2.45, 2.75) is 6.36 Å². The Morgan fingerprint density at radius 3 is 2.42 bits per heavy atom. The summed E-state index contributed by atoms with van der Waals surface area (Å²) in [5.74, 6) is 0.376. The number of aliphatic hydroxyl groups is 1. The lowest BCUT2D eigenvalue weighted by molar-refractivity contribution is -0.274. The molecule has 33 heavy (non-hydrogen) atoms. The zero-order valence-electron chi connectivity index (χ0n) is 17.4. The SMILES string of the molecule is OCCOCCNc1cc(-c2ccccc2)nc2c(-c3ccc(OC(F)(F)F)cc3)cnn12. The van der Waals surface area contributed by atoms with Gasteiger partial charge in [0.15, 0.2) is 5.65 Å². The van der Waals surface area contributed by atoms with E-state index in [9.17, 15) is 13.2 Å². The molecule has 0 fully saturated rings. The smallest absolute Gasteiger partial charge is 0.406 e. The van der Waals surface area contributed by atoms with Gasteiger partial charge < -0.3 is 19.9 Å². The predicted molar refractivity (Wildman–Crippen MR) is 117 cm³/mol. The Labute approximate surface area is 187 Å². The fourth-order valence-corrected chi connectivity index (χ4v) is 3.30. The fraction of sp³-hybridized carbons (Fsp3) is 0.217. The van der Waals surface area contributed by atoms with Gasteiger partial charge in [-0.15, -0.1) is 13.2 Å². The molecule has 0 atom stereocenters. The van der Waals surface area contributed by atoms with E-state index in [2.05, 4.69) is 15.2 Å². The largest absolute Gasteiger partial charge is 0.573 e. The van der Waals surface area contributed by atoms with Crippen molar-refractivity contribution >= 4 is 11.5 Å². The molecule has 0 saturated heterocycles. The monoisotopic (exact) mass is 458 g/mol. The van der Waals surface area contributed by atoms with Gasteiger partial charge in [0, 0.05) is 23.7 Å². The van der Waals surface area contributed by atoms with Crippen molar-refractivity contribution < 1.29 is 27.8 Å². The Morgan fingerprint density at radius 1 is 0.970 bits per heavy atom. The lowest BCUT2D eigenvalue weighted by Crippen LogP contribution is -2.16. The molecule has 0 radical (unpaired) electrons. The van der Waals surface area contributed by atoms with E-state index < -0.39 is 6.36 Å². The van der Waals surface area contributed by atoms with Gasteiger partial charge in [0.2, 0.25) is 0 Å². The van der Waals surface area contributed by atoms with E-state index >= 15 is 0 Å². The average Bonchev–Trinajstić information content (AvgIpc) is 3.23. The first kappa shape index (κ1) is 22.6. The van der Waals surface area contributed by atoms with Crippen LogP contribution in [0.4, 0.5) is 19.0 Å². The number of benzene rings is 2. The minimum Gasteiger partial charge on any atom is -0.406 e. The van der Waals surface area contributed by atoms with Crippen LogP contribution in [0.2, 0.25) is 0 Å². The topological polar surface area (TPSA) is 80.9 Å². The highest BCUT2D eigenvalue weighted by Crippen LogP contribution is 2.31. The number of ether oxygens (including phenoxy) is 2. The Hall–Kier alpha value is -3.63. The Bertz CT molecular complexity index is 1200. The van der Waals surface area contributed by atoms with Gasteiger partial charge in [0.05, 0.1) is 31.7 Å². The summed E-state index contributed by atoms with van der Waals surface area (Å²) in [6.45, 7) is 1.07. The fourth-order valence-electron chi connectivity index (χ4n) is 3.30. The Kier molecular flexibility index (Phi) is 6.76. The third-order valence-electron chi connectivity index (χ3n) is 4.73. The molecular formula is C23H21F3N4O3. The van der Waals surface area contributed by atoms with Gasteiger partial charge in [-0.05, 0) is 17.7 Å². The van der Waals surface area contributed by atoms with E-state index in [0.717, 1.165) is 5.56 Å². The molecule has 0 aliphatic carbocycles. The zero-order chi connectivity index (χ0) is 23.3. The number of rotatable bonds is 9. The maximum atomic E-state index is 12.5. The standard InChI is InChI=1S/C23H21F3N4O3/c24-23(25,26)33-18-8-6-16(7-9-18)19-15-28-30-21(27-10-12-32-13-11-31)14-20(29-22(19)30)17-4-2-1-3-5-17/h1-9,14-15,27,31H,10-13H2. The summed E-state index contributed by atoms with van der Waals surface area (Å²) in [7, 11) is 0. The van der Waals surface area contributed by atoms with Crippen molar-refractivity contribution in [3.05, 3.63) is 66.9 Å². The number of halogens is 3. The number of nitrogens with zero attached hydrogens (tertiary/aromatic N) is 3. The van der Waals surface area contributed by atoms with Crippen LogP contribution in [0.1, 0.15) is 0 Å². The van der Waals surface area contributed by atoms with Gasteiger partial charge in [-0.3, -0.25) is 0 Å². The zero-order valence-corrected chi connectivity index (χ0v) is 17.4. The van der Waals surface area contributed by atoms with Crippen LogP contribution in [-0.4, -0.2) is 52.4 Å². The van der Waals surface area contributed by atoms with Crippen LogP contribution in [-0.2, 0) is 4.74 Å². The molecule has 0 spiro atoms. The highest BCUT2D eigenvalue weighted by molar-refractivity contribution is 5.80. The molecule has 2 aromatic carbocycles. The van der Waals surface area contributed by atoms with Crippen molar-refractivity contribution in [2.75, 3.05) is 31.7 Å². The molecule has 172 valence electrons. The molecular weight excluding hydrogens is 437 g/mol. The summed E-state index contributed by atoms with van der Waals surface area (Å²) in [5.41, 5.74) is 3.46. The predicted octanol–water partition coefficient (Wildman–Crippen LogP) is 4.38. The third kappa shape index (κ3) is 5.60. The van der Waals surface area contributed by atoms with Gasteiger partial charge in [-0.25, -0.2) is 4.98 Å². The van der Waals surface area contributed by atoms with Gasteiger partial charge >= 0.3 is 6.36 Å². The van der Waals surface area contributed by atoms with Crippen molar-refractivity contribution in [1.29, 1.82) is 0 Å². The molecule has 2 N–H and O–H groups in total. The molecule has 2 heterocycles. The molecule has 2 aromatic heterocycles. The van der Waals surface area contributed by atoms with Crippen molar-refractivity contribution in [3.8, 4) is 28.1 Å². The second-order valence-electron chi connectivity index (χ2n) is 7.02. The van der Waals surface area contributed by atoms with E-state index in [1.807, 2.05) is 36.4 Å². The van der Waals surface area contributed by atoms with E-state index in [1.165, 1.54) is 24.3 Å². The van der Waals surface area contributed by atoms with Crippen LogP contribution >= 0.6 is 0 Å². The average molecular weight is 458 g/mol. The summed E-state index contributed by atoms with van der Waals surface area (Å²) in [6.07, 6.45) is -3.14. The molecule has 10 heteroatoms. The summed E-state index contributed by atoms with van der Waals surface area (Å²) < 4.78 is 48.3. The van der Waals surface area contributed by atoms with Crippen LogP contribution in [0.25, 0.3) is 28.0 Å². The van der Waals surface area contributed by atoms with Crippen LogP contribution in [0.15, 0.2) is 66.9 Å². The summed E-state index contributed by atoms with van der Waals surface area (Å²) >= 11 is 0. The maximum absolute atomic E-state index is 12.5. The number of hydrogen-bond acceptors (Lipinski definition) is 6. The minimum absolute atomic E-state index is 0.0486. The highest BCUT2D eigenvalue weighted by Gasteiger charge is 2.31. The van der Waals surface area contributed by atoms with E-state index in [0.29, 0.717) is 41.4 Å². The third-order valence-corrected chi connectivity index (χ3v) is 4.73. The summed E-state index contributed by atoms with van der Waals surface area (Å²) in [4.78, 5) is 4.77. The van der Waals surface area contributed by atoms with E-state index in [-0.39, 0.29) is 19.0 Å². The van der Waals surface area contributed by atoms with Gasteiger partial charge in [0.25, 0.3) is 0 Å². The second-order valence-corrected chi connectivity index (χ2v) is 7.02. The first-order chi connectivity index (χ1) is 15.9.